The van der Waals surface area contributed by atoms with E-state index in [0.29, 0.717) is 12.8 Å². The van der Waals surface area contributed by atoms with Crippen LogP contribution in [0.4, 0.5) is 0 Å². The van der Waals surface area contributed by atoms with E-state index in [1.54, 1.807) is 0 Å². The molecule has 6 atom stereocenters. The van der Waals surface area contributed by atoms with Gasteiger partial charge in [0, 0.05) is 12.8 Å². The Kier molecular flexibility index (Phi) is 38.0. The third-order valence-corrected chi connectivity index (χ3v) is 10.6. The van der Waals surface area contributed by atoms with Crippen LogP contribution in [0.1, 0.15) is 187 Å². The summed E-state index contributed by atoms with van der Waals surface area (Å²) in [6.45, 7) is 3.32. The highest BCUT2D eigenvalue weighted by molar-refractivity contribution is 5.70. The van der Waals surface area contributed by atoms with E-state index < -0.39 is 55.4 Å². The number of carbonyl (C=O) groups is 2. The topological polar surface area (TPSA) is 152 Å². The van der Waals surface area contributed by atoms with Crippen LogP contribution in [0, 0.1) is 0 Å². The van der Waals surface area contributed by atoms with Crippen molar-refractivity contribution in [3.63, 3.8) is 0 Å². The first kappa shape index (κ1) is 56.2. The molecule has 61 heavy (non-hydrogen) atoms. The molecule has 1 rings (SSSR count). The summed E-state index contributed by atoms with van der Waals surface area (Å²) in [4.78, 5) is 25.3. The SMILES string of the molecule is CCCCCCCC=C=CCCCCCCCC(=O)O[C@@H](COC(=O)CCC/C=C/C/C=C/C/C=C/C/C=C/CCCCCCCCC)CO[C@H]1O[C@@H](CO)[C@@H](O)C(O)C1O. The van der Waals surface area contributed by atoms with Crippen molar-refractivity contribution in [3.05, 3.63) is 66.5 Å². The van der Waals surface area contributed by atoms with Gasteiger partial charge in [-0.1, -0.05) is 146 Å². The highest BCUT2D eigenvalue weighted by Crippen LogP contribution is 2.22. The lowest BCUT2D eigenvalue weighted by Crippen LogP contribution is -2.59. The third-order valence-electron chi connectivity index (χ3n) is 10.6. The summed E-state index contributed by atoms with van der Waals surface area (Å²) in [5.41, 5.74) is 3.29. The number of esters is 2. The molecule has 0 amide bonds. The van der Waals surface area contributed by atoms with Crippen LogP contribution in [0.3, 0.4) is 0 Å². The molecule has 350 valence electrons. The van der Waals surface area contributed by atoms with E-state index >= 15 is 0 Å². The van der Waals surface area contributed by atoms with Gasteiger partial charge in [0.2, 0.25) is 0 Å². The molecule has 1 fully saturated rings. The summed E-state index contributed by atoms with van der Waals surface area (Å²) < 4.78 is 22.1. The van der Waals surface area contributed by atoms with Crippen LogP contribution in [0.2, 0.25) is 0 Å². The van der Waals surface area contributed by atoms with Crippen molar-refractivity contribution in [3.8, 4) is 0 Å². The van der Waals surface area contributed by atoms with Gasteiger partial charge < -0.3 is 39.4 Å². The first-order valence-electron chi connectivity index (χ1n) is 24.1. The maximum absolute atomic E-state index is 12.8. The molecule has 1 heterocycles. The number of carbonyl (C=O) groups excluding carboxylic acids is 2. The largest absolute Gasteiger partial charge is 0.462 e. The van der Waals surface area contributed by atoms with Crippen LogP contribution in [0.25, 0.3) is 0 Å². The first-order valence-corrected chi connectivity index (χ1v) is 24.1. The van der Waals surface area contributed by atoms with E-state index in [4.69, 9.17) is 18.9 Å². The van der Waals surface area contributed by atoms with Crippen molar-refractivity contribution in [2.75, 3.05) is 19.8 Å². The normalized spacial score (nSPS) is 19.9. The summed E-state index contributed by atoms with van der Waals surface area (Å²) in [5.74, 6) is -0.896. The standard InChI is InChI=1S/C51H86O10/c1-3-5-7-9-11-13-15-17-19-20-21-22-23-24-26-27-29-31-33-35-37-39-46(53)58-42-44(43-59-51-50(57)49(56)48(55)45(41-52)61-51)60-47(54)40-38-36-34-32-30-28-25-18-16-14-12-10-8-6-4-2/h16,19-20,22-23,25-27,31,33,44-45,48-52,55-57H,3-15,17,21,24,28-30,32,34-43H2,1-2H3/b20-19+,23-22+,27-26+,33-31+/t18?,44-,45-,48+,49?,50?,51-/m0/s1. The number of ether oxygens (including phenoxy) is 4. The maximum atomic E-state index is 12.8. The minimum absolute atomic E-state index is 0.192. The van der Waals surface area contributed by atoms with Gasteiger partial charge in [-0.15, -0.1) is 5.73 Å². The number of rotatable bonds is 39. The highest BCUT2D eigenvalue weighted by Gasteiger charge is 2.44. The highest BCUT2D eigenvalue weighted by atomic mass is 16.7. The van der Waals surface area contributed by atoms with Crippen LogP contribution >= 0.6 is 0 Å². The number of allylic oxidation sites excluding steroid dienone is 9. The van der Waals surface area contributed by atoms with Crippen molar-refractivity contribution in [2.45, 2.75) is 224 Å². The fourth-order valence-electron chi connectivity index (χ4n) is 6.80. The molecule has 0 aromatic heterocycles. The van der Waals surface area contributed by atoms with Crippen LogP contribution < -0.4 is 0 Å². The van der Waals surface area contributed by atoms with Crippen LogP contribution in [-0.4, -0.2) is 89.0 Å². The molecule has 0 saturated carbocycles. The second-order valence-electron chi connectivity index (χ2n) is 16.3. The van der Waals surface area contributed by atoms with Crippen molar-refractivity contribution < 1.29 is 49.0 Å². The molecule has 0 aromatic rings. The van der Waals surface area contributed by atoms with Gasteiger partial charge in [-0.3, -0.25) is 9.59 Å². The van der Waals surface area contributed by atoms with Gasteiger partial charge in [0.05, 0.1) is 13.2 Å². The van der Waals surface area contributed by atoms with Crippen LogP contribution in [0.5, 0.6) is 0 Å². The molecule has 0 aliphatic carbocycles. The molecule has 0 radical (unpaired) electrons. The Balaban J connectivity index is 2.36. The van der Waals surface area contributed by atoms with Gasteiger partial charge in [0.15, 0.2) is 12.4 Å². The Hall–Kier alpha value is -2.82. The van der Waals surface area contributed by atoms with E-state index in [-0.39, 0.29) is 26.1 Å². The molecule has 2 unspecified atom stereocenters. The fourth-order valence-corrected chi connectivity index (χ4v) is 6.80. The summed E-state index contributed by atoms with van der Waals surface area (Å²) in [7, 11) is 0. The average Bonchev–Trinajstić information content (AvgIpc) is 3.26. The van der Waals surface area contributed by atoms with Gasteiger partial charge in [-0.05, 0) is 89.2 Å². The zero-order valence-electron chi connectivity index (χ0n) is 38.2. The maximum Gasteiger partial charge on any atom is 0.306 e. The smallest absolute Gasteiger partial charge is 0.306 e. The van der Waals surface area contributed by atoms with Crippen LogP contribution in [0.15, 0.2) is 66.5 Å². The monoisotopic (exact) mass is 859 g/mol. The van der Waals surface area contributed by atoms with Gasteiger partial charge in [-0.2, -0.15) is 0 Å². The van der Waals surface area contributed by atoms with E-state index in [9.17, 15) is 30.0 Å². The number of aliphatic hydroxyl groups is 4. The Morgan fingerprint density at radius 1 is 0.557 bits per heavy atom. The van der Waals surface area contributed by atoms with Gasteiger partial charge >= 0.3 is 11.9 Å². The predicted octanol–water partition coefficient (Wildman–Crippen LogP) is 10.8. The quantitative estimate of drug-likeness (QED) is 0.0203. The third kappa shape index (κ3) is 32.5. The first-order chi connectivity index (χ1) is 29.8. The van der Waals surface area contributed by atoms with Crippen molar-refractivity contribution in [1.82, 2.24) is 0 Å². The molecule has 0 aromatic carbocycles. The Bertz CT molecular complexity index is 1230. The second kappa shape index (κ2) is 41.2. The van der Waals surface area contributed by atoms with E-state index in [1.807, 2.05) is 0 Å². The van der Waals surface area contributed by atoms with E-state index in [2.05, 4.69) is 80.3 Å². The lowest BCUT2D eigenvalue weighted by atomic mass is 9.99. The van der Waals surface area contributed by atoms with Gasteiger partial charge in [0.25, 0.3) is 0 Å². The molecule has 1 aliphatic heterocycles. The Morgan fingerprint density at radius 3 is 1.59 bits per heavy atom. The van der Waals surface area contributed by atoms with Gasteiger partial charge in [0.1, 0.15) is 31.0 Å². The summed E-state index contributed by atoms with van der Waals surface area (Å²) in [5, 5.41) is 40.1. The molecule has 4 N–H and O–H groups in total. The molecule has 1 saturated heterocycles. The van der Waals surface area contributed by atoms with E-state index in [0.717, 1.165) is 64.2 Å². The molecule has 10 heteroatoms. The molecule has 1 aliphatic rings. The van der Waals surface area contributed by atoms with Crippen molar-refractivity contribution in [2.24, 2.45) is 0 Å². The second-order valence-corrected chi connectivity index (χ2v) is 16.3. The number of hydrogen-bond acceptors (Lipinski definition) is 10. The minimum atomic E-state index is -1.61. The average molecular weight is 859 g/mol. The molecule has 0 spiro atoms. The number of unbranched alkanes of at least 4 members (excludes halogenated alkanes) is 18. The lowest BCUT2D eigenvalue weighted by molar-refractivity contribution is -0.305. The minimum Gasteiger partial charge on any atom is -0.462 e. The molecular weight excluding hydrogens is 773 g/mol. The molecule has 0 bridgehead atoms. The van der Waals surface area contributed by atoms with Crippen molar-refractivity contribution in [1.29, 1.82) is 0 Å². The van der Waals surface area contributed by atoms with Gasteiger partial charge in [-0.25, -0.2) is 0 Å². The fraction of sp³-hybridized carbons (Fsp3) is 0.745. The number of aliphatic hydroxyl groups excluding tert-OH is 4. The zero-order chi connectivity index (χ0) is 44.4. The number of hydrogen-bond donors (Lipinski definition) is 4. The summed E-state index contributed by atoms with van der Waals surface area (Å²) in [6.07, 6.45) is 41.6. The molecular formula is C51H86O10. The molecule has 10 nitrogen and oxygen atoms in total. The van der Waals surface area contributed by atoms with E-state index in [1.165, 1.54) is 83.5 Å². The zero-order valence-corrected chi connectivity index (χ0v) is 38.2. The summed E-state index contributed by atoms with van der Waals surface area (Å²) >= 11 is 0. The lowest BCUT2D eigenvalue weighted by Gasteiger charge is -2.39. The Morgan fingerprint density at radius 2 is 1.03 bits per heavy atom. The predicted molar refractivity (Wildman–Crippen MR) is 246 cm³/mol. The summed E-state index contributed by atoms with van der Waals surface area (Å²) in [6, 6.07) is 0. The Labute approximate surface area is 370 Å². The van der Waals surface area contributed by atoms with Crippen LogP contribution in [-0.2, 0) is 28.5 Å². The van der Waals surface area contributed by atoms with Crippen molar-refractivity contribution >= 4 is 11.9 Å².